The van der Waals surface area contributed by atoms with E-state index in [1.165, 1.54) is 0 Å². The van der Waals surface area contributed by atoms with Crippen molar-refractivity contribution in [2.75, 3.05) is 26.3 Å². The highest BCUT2D eigenvalue weighted by Crippen LogP contribution is 2.24. The third kappa shape index (κ3) is 7.20. The third-order valence-electron chi connectivity index (χ3n) is 5.72. The lowest BCUT2D eigenvalue weighted by atomic mass is 10.0. The van der Waals surface area contributed by atoms with Crippen LogP contribution < -0.4 is 10.6 Å². The Morgan fingerprint density at radius 1 is 0.889 bits per heavy atom. The van der Waals surface area contributed by atoms with E-state index < -0.39 is 6.09 Å². The van der Waals surface area contributed by atoms with Crippen LogP contribution in [0.15, 0.2) is 84.9 Å². The summed E-state index contributed by atoms with van der Waals surface area (Å²) in [6.45, 7) is 3.90. The maximum Gasteiger partial charge on any atom is 0.407 e. The number of alkyl carbamates (subject to hydrolysis) is 1. The van der Waals surface area contributed by atoms with Crippen molar-refractivity contribution in [1.82, 2.24) is 15.6 Å². The maximum absolute atomic E-state index is 12.6. The molecule has 0 bridgehead atoms. The van der Waals surface area contributed by atoms with E-state index in [0.717, 1.165) is 27.6 Å². The van der Waals surface area contributed by atoms with Gasteiger partial charge in [0.2, 0.25) is 0 Å². The molecule has 0 saturated carbocycles. The molecular formula is C29H31N3O4. The molecule has 0 aliphatic rings. The van der Waals surface area contributed by atoms with Crippen molar-refractivity contribution in [2.24, 2.45) is 5.92 Å². The summed E-state index contributed by atoms with van der Waals surface area (Å²) in [5, 5.41) is 6.61. The van der Waals surface area contributed by atoms with Crippen LogP contribution in [0.3, 0.4) is 0 Å². The summed E-state index contributed by atoms with van der Waals surface area (Å²) >= 11 is 0. The monoisotopic (exact) mass is 485 g/mol. The van der Waals surface area contributed by atoms with Gasteiger partial charge < -0.3 is 25.1 Å². The van der Waals surface area contributed by atoms with Gasteiger partial charge in [-0.3, -0.25) is 4.79 Å². The van der Waals surface area contributed by atoms with E-state index in [4.69, 9.17) is 9.47 Å². The molecule has 3 aromatic carbocycles. The molecule has 1 heterocycles. The SMILES string of the molecule is C[C@H](CNC(=O)c1cc2ccc(-c3ccccc3)cc2[nH]1)COCCNC(=O)OCc1ccccc1. The second kappa shape index (κ2) is 12.6. The second-order valence-electron chi connectivity index (χ2n) is 8.73. The van der Waals surface area contributed by atoms with Crippen molar-refractivity contribution in [3.8, 4) is 11.1 Å². The molecular weight excluding hydrogens is 454 g/mol. The van der Waals surface area contributed by atoms with Crippen molar-refractivity contribution in [2.45, 2.75) is 13.5 Å². The number of carbonyl (C=O) groups is 2. The molecule has 7 nitrogen and oxygen atoms in total. The van der Waals surface area contributed by atoms with Crippen LogP contribution >= 0.6 is 0 Å². The van der Waals surface area contributed by atoms with E-state index in [1.807, 2.05) is 67.6 Å². The zero-order chi connectivity index (χ0) is 25.2. The fraction of sp³-hybridized carbons (Fsp3) is 0.241. The second-order valence-corrected chi connectivity index (χ2v) is 8.73. The van der Waals surface area contributed by atoms with Gasteiger partial charge in [0.05, 0.1) is 13.2 Å². The Morgan fingerprint density at radius 2 is 1.64 bits per heavy atom. The number of hydrogen-bond acceptors (Lipinski definition) is 4. The van der Waals surface area contributed by atoms with E-state index in [9.17, 15) is 9.59 Å². The molecule has 0 saturated heterocycles. The average molecular weight is 486 g/mol. The number of amides is 2. The predicted molar refractivity (Wildman–Crippen MR) is 141 cm³/mol. The van der Waals surface area contributed by atoms with Crippen LogP contribution in [0.25, 0.3) is 22.0 Å². The van der Waals surface area contributed by atoms with E-state index in [1.54, 1.807) is 0 Å². The van der Waals surface area contributed by atoms with Crippen LogP contribution in [0.5, 0.6) is 0 Å². The van der Waals surface area contributed by atoms with Gasteiger partial charge in [-0.15, -0.1) is 0 Å². The van der Waals surface area contributed by atoms with Gasteiger partial charge in [-0.25, -0.2) is 4.79 Å². The highest BCUT2D eigenvalue weighted by atomic mass is 16.5. The average Bonchev–Trinajstić information content (AvgIpc) is 3.35. The topological polar surface area (TPSA) is 92.5 Å². The van der Waals surface area contributed by atoms with Crippen LogP contribution in [0.1, 0.15) is 23.0 Å². The van der Waals surface area contributed by atoms with Crippen molar-refractivity contribution in [3.05, 3.63) is 96.2 Å². The molecule has 7 heteroatoms. The normalized spacial score (nSPS) is 11.7. The van der Waals surface area contributed by atoms with Gasteiger partial charge >= 0.3 is 6.09 Å². The number of nitrogens with one attached hydrogen (secondary N) is 3. The molecule has 4 rings (SSSR count). The van der Waals surface area contributed by atoms with Gasteiger partial charge in [0.15, 0.2) is 0 Å². The molecule has 1 aromatic heterocycles. The molecule has 186 valence electrons. The van der Waals surface area contributed by atoms with Crippen LogP contribution in [-0.4, -0.2) is 43.3 Å². The molecule has 3 N–H and O–H groups in total. The van der Waals surface area contributed by atoms with E-state index >= 15 is 0 Å². The Kier molecular flexibility index (Phi) is 8.72. The zero-order valence-electron chi connectivity index (χ0n) is 20.3. The quantitative estimate of drug-likeness (QED) is 0.256. The highest BCUT2D eigenvalue weighted by molar-refractivity contribution is 5.98. The number of H-pyrrole nitrogens is 1. The molecule has 0 aliphatic heterocycles. The number of aromatic amines is 1. The van der Waals surface area contributed by atoms with Crippen LogP contribution in [-0.2, 0) is 16.1 Å². The van der Waals surface area contributed by atoms with Crippen molar-refractivity contribution in [1.29, 1.82) is 0 Å². The van der Waals surface area contributed by atoms with E-state index in [-0.39, 0.29) is 18.4 Å². The molecule has 2 amide bonds. The third-order valence-corrected chi connectivity index (χ3v) is 5.72. The highest BCUT2D eigenvalue weighted by Gasteiger charge is 2.12. The molecule has 1 atom stereocenters. The number of rotatable bonds is 11. The first-order valence-corrected chi connectivity index (χ1v) is 12.1. The molecule has 4 aromatic rings. The lowest BCUT2D eigenvalue weighted by molar-refractivity contribution is 0.0879. The van der Waals surface area contributed by atoms with Crippen molar-refractivity contribution in [3.63, 3.8) is 0 Å². The van der Waals surface area contributed by atoms with Gasteiger partial charge in [-0.1, -0.05) is 79.7 Å². The number of aromatic nitrogens is 1. The van der Waals surface area contributed by atoms with Gasteiger partial charge in [0, 0.05) is 24.0 Å². The summed E-state index contributed by atoms with van der Waals surface area (Å²) in [6.07, 6.45) is -0.475. The van der Waals surface area contributed by atoms with Gasteiger partial charge in [-0.05, 0) is 34.7 Å². The molecule has 36 heavy (non-hydrogen) atoms. The van der Waals surface area contributed by atoms with E-state index in [2.05, 4.69) is 39.9 Å². The first kappa shape index (κ1) is 25.0. The minimum atomic E-state index is -0.475. The minimum absolute atomic E-state index is 0.119. The smallest absolute Gasteiger partial charge is 0.407 e. The number of benzene rings is 3. The number of hydrogen-bond donors (Lipinski definition) is 3. The molecule has 0 radical (unpaired) electrons. The number of fused-ring (bicyclic) bond motifs is 1. The van der Waals surface area contributed by atoms with Crippen LogP contribution in [0.2, 0.25) is 0 Å². The summed E-state index contributed by atoms with van der Waals surface area (Å²) in [5.74, 6) is -0.0322. The van der Waals surface area contributed by atoms with Crippen molar-refractivity contribution >= 4 is 22.9 Å². The molecule has 0 unspecified atom stereocenters. The lowest BCUT2D eigenvalue weighted by Crippen LogP contribution is -2.31. The Bertz CT molecular complexity index is 1270. The van der Waals surface area contributed by atoms with E-state index in [0.29, 0.717) is 32.0 Å². The Labute approximate surface area is 210 Å². The largest absolute Gasteiger partial charge is 0.445 e. The zero-order valence-corrected chi connectivity index (χ0v) is 20.3. The van der Waals surface area contributed by atoms with Gasteiger partial charge in [-0.2, -0.15) is 0 Å². The fourth-order valence-electron chi connectivity index (χ4n) is 3.76. The maximum atomic E-state index is 12.6. The minimum Gasteiger partial charge on any atom is -0.445 e. The van der Waals surface area contributed by atoms with Crippen LogP contribution in [0.4, 0.5) is 4.79 Å². The molecule has 0 spiro atoms. The predicted octanol–water partition coefficient (Wildman–Crippen LogP) is 5.14. The summed E-state index contributed by atoms with van der Waals surface area (Å²) in [6, 6.07) is 27.7. The molecule has 0 fully saturated rings. The van der Waals surface area contributed by atoms with Crippen molar-refractivity contribution < 1.29 is 19.1 Å². The standard InChI is InChI=1S/C29H31N3O4/c1-21(19-35-15-14-30-29(34)36-20-22-8-4-2-5-9-22)18-31-28(33)27-17-25-13-12-24(16-26(25)32-27)23-10-6-3-7-11-23/h2-13,16-17,21,32H,14-15,18-20H2,1H3,(H,30,34)(H,31,33)/t21-/m1/s1. The summed E-state index contributed by atoms with van der Waals surface area (Å²) in [4.78, 5) is 27.6. The fourth-order valence-corrected chi connectivity index (χ4v) is 3.76. The Balaban J connectivity index is 1.14. The number of ether oxygens (including phenoxy) is 2. The summed E-state index contributed by atoms with van der Waals surface area (Å²) in [7, 11) is 0. The first-order chi connectivity index (χ1) is 17.6. The summed E-state index contributed by atoms with van der Waals surface area (Å²) in [5.41, 5.74) is 4.62. The Morgan fingerprint density at radius 3 is 2.42 bits per heavy atom. The first-order valence-electron chi connectivity index (χ1n) is 12.1. The van der Waals surface area contributed by atoms with Gasteiger partial charge in [0.1, 0.15) is 12.3 Å². The summed E-state index contributed by atoms with van der Waals surface area (Å²) < 4.78 is 10.8. The lowest BCUT2D eigenvalue weighted by Gasteiger charge is -2.13. The number of carbonyl (C=O) groups excluding carboxylic acids is 2. The molecule has 0 aliphatic carbocycles. The van der Waals surface area contributed by atoms with Gasteiger partial charge in [0.25, 0.3) is 5.91 Å². The Hall–Kier alpha value is -4.10. The van der Waals surface area contributed by atoms with Crippen LogP contribution in [0, 0.1) is 5.92 Å².